The highest BCUT2D eigenvalue weighted by Gasteiger charge is 2.26. The van der Waals surface area contributed by atoms with Crippen molar-refractivity contribution in [1.82, 2.24) is 0 Å². The SMILES string of the molecule is CC(=O)C1Cc2cccc(O)c2C1. The molecule has 68 valence electrons. The van der Waals surface area contributed by atoms with E-state index in [1.807, 2.05) is 12.1 Å². The number of phenolic OH excluding ortho intramolecular Hbond substituents is 1. The third kappa shape index (κ3) is 1.32. The molecule has 2 rings (SSSR count). The van der Waals surface area contributed by atoms with Crippen molar-refractivity contribution in [2.75, 3.05) is 0 Å². The van der Waals surface area contributed by atoms with Crippen LogP contribution < -0.4 is 0 Å². The normalized spacial score (nSPS) is 19.9. The van der Waals surface area contributed by atoms with Crippen molar-refractivity contribution in [3.8, 4) is 5.75 Å². The van der Waals surface area contributed by atoms with Crippen molar-refractivity contribution < 1.29 is 9.90 Å². The fourth-order valence-electron chi connectivity index (χ4n) is 1.92. The number of carbonyl (C=O) groups is 1. The van der Waals surface area contributed by atoms with E-state index in [9.17, 15) is 9.90 Å². The van der Waals surface area contributed by atoms with E-state index in [2.05, 4.69) is 0 Å². The Morgan fingerprint density at radius 2 is 2.23 bits per heavy atom. The number of benzene rings is 1. The molecule has 0 radical (unpaired) electrons. The molecular weight excluding hydrogens is 164 g/mol. The third-order valence-electron chi connectivity index (χ3n) is 2.74. The second kappa shape index (κ2) is 2.87. The number of Topliss-reactive ketones (excluding diaryl/α,β-unsaturated/α-hetero) is 1. The first kappa shape index (κ1) is 8.30. The molecule has 2 nitrogen and oxygen atoms in total. The molecule has 0 spiro atoms. The number of aromatic hydroxyl groups is 1. The standard InChI is InChI=1S/C11H12O2/c1-7(12)9-5-8-3-2-4-11(13)10(8)6-9/h2-4,9,13H,5-6H2,1H3. The Labute approximate surface area is 77.2 Å². The van der Waals surface area contributed by atoms with Crippen molar-refractivity contribution in [2.24, 2.45) is 5.92 Å². The van der Waals surface area contributed by atoms with Crippen LogP contribution in [0.15, 0.2) is 18.2 Å². The van der Waals surface area contributed by atoms with Gasteiger partial charge in [-0.1, -0.05) is 12.1 Å². The minimum Gasteiger partial charge on any atom is -0.508 e. The molecule has 0 heterocycles. The van der Waals surface area contributed by atoms with Crippen LogP contribution in [0.5, 0.6) is 5.75 Å². The lowest BCUT2D eigenvalue weighted by Crippen LogP contribution is -2.09. The van der Waals surface area contributed by atoms with Gasteiger partial charge in [0.25, 0.3) is 0 Å². The zero-order valence-electron chi connectivity index (χ0n) is 7.58. The fraction of sp³-hybridized carbons (Fsp3) is 0.364. The molecule has 1 aliphatic rings. The second-order valence-electron chi connectivity index (χ2n) is 3.63. The predicted octanol–water partition coefficient (Wildman–Crippen LogP) is 1.70. The van der Waals surface area contributed by atoms with Crippen LogP contribution in [-0.4, -0.2) is 10.9 Å². The average Bonchev–Trinajstić information content (AvgIpc) is 2.49. The summed E-state index contributed by atoms with van der Waals surface area (Å²) in [6.45, 7) is 1.62. The van der Waals surface area contributed by atoms with Gasteiger partial charge in [-0.25, -0.2) is 0 Å². The van der Waals surface area contributed by atoms with Crippen molar-refractivity contribution in [3.63, 3.8) is 0 Å². The lowest BCUT2D eigenvalue weighted by Gasteiger charge is -2.01. The number of hydrogen-bond donors (Lipinski definition) is 1. The molecule has 0 bridgehead atoms. The summed E-state index contributed by atoms with van der Waals surface area (Å²) < 4.78 is 0. The molecule has 1 atom stereocenters. The number of hydrogen-bond acceptors (Lipinski definition) is 2. The van der Waals surface area contributed by atoms with E-state index in [1.165, 1.54) is 0 Å². The molecule has 1 aromatic rings. The molecule has 0 aliphatic heterocycles. The average molecular weight is 176 g/mol. The molecule has 1 N–H and O–H groups in total. The van der Waals surface area contributed by atoms with Gasteiger partial charge in [0.05, 0.1) is 0 Å². The number of fused-ring (bicyclic) bond motifs is 1. The van der Waals surface area contributed by atoms with Crippen LogP contribution in [0.1, 0.15) is 18.1 Å². The molecule has 0 saturated heterocycles. The summed E-state index contributed by atoms with van der Waals surface area (Å²) in [4.78, 5) is 11.1. The monoisotopic (exact) mass is 176 g/mol. The second-order valence-corrected chi connectivity index (χ2v) is 3.63. The Morgan fingerprint density at radius 3 is 2.85 bits per heavy atom. The minimum atomic E-state index is 0.0864. The highest BCUT2D eigenvalue weighted by molar-refractivity contribution is 5.80. The highest BCUT2D eigenvalue weighted by Crippen LogP contribution is 2.33. The Hall–Kier alpha value is -1.31. The summed E-state index contributed by atoms with van der Waals surface area (Å²) in [6.07, 6.45) is 1.50. The van der Waals surface area contributed by atoms with Crippen molar-refractivity contribution >= 4 is 5.78 Å². The van der Waals surface area contributed by atoms with Crippen LogP contribution in [0.2, 0.25) is 0 Å². The Morgan fingerprint density at radius 1 is 1.46 bits per heavy atom. The zero-order valence-corrected chi connectivity index (χ0v) is 7.58. The minimum absolute atomic E-state index is 0.0864. The van der Waals surface area contributed by atoms with Crippen LogP contribution in [0, 0.1) is 5.92 Å². The molecular formula is C11H12O2. The Balaban J connectivity index is 2.35. The zero-order chi connectivity index (χ0) is 9.42. The summed E-state index contributed by atoms with van der Waals surface area (Å²) in [5.74, 6) is 0.639. The maximum absolute atomic E-state index is 11.1. The molecule has 0 saturated carbocycles. The van der Waals surface area contributed by atoms with Crippen LogP contribution in [0.25, 0.3) is 0 Å². The van der Waals surface area contributed by atoms with E-state index < -0.39 is 0 Å². The number of phenols is 1. The van der Waals surface area contributed by atoms with Gasteiger partial charge in [-0.3, -0.25) is 4.79 Å². The first-order chi connectivity index (χ1) is 6.18. The van der Waals surface area contributed by atoms with E-state index in [0.29, 0.717) is 12.2 Å². The quantitative estimate of drug-likeness (QED) is 0.707. The Kier molecular flexibility index (Phi) is 1.83. The van der Waals surface area contributed by atoms with Gasteiger partial charge in [0.2, 0.25) is 0 Å². The van der Waals surface area contributed by atoms with Crippen LogP contribution >= 0.6 is 0 Å². The molecule has 0 amide bonds. The highest BCUT2D eigenvalue weighted by atomic mass is 16.3. The van der Waals surface area contributed by atoms with Gasteiger partial charge < -0.3 is 5.11 Å². The first-order valence-corrected chi connectivity index (χ1v) is 4.48. The summed E-state index contributed by atoms with van der Waals surface area (Å²) in [5, 5.41) is 9.52. The summed E-state index contributed by atoms with van der Waals surface area (Å²) in [7, 11) is 0. The first-order valence-electron chi connectivity index (χ1n) is 4.48. The van der Waals surface area contributed by atoms with Crippen LogP contribution in [-0.2, 0) is 17.6 Å². The molecule has 1 aliphatic carbocycles. The number of rotatable bonds is 1. The smallest absolute Gasteiger partial charge is 0.133 e. The molecule has 0 aromatic heterocycles. The van der Waals surface area contributed by atoms with Gasteiger partial charge in [-0.2, -0.15) is 0 Å². The van der Waals surface area contributed by atoms with Crippen molar-refractivity contribution in [3.05, 3.63) is 29.3 Å². The van der Waals surface area contributed by atoms with Gasteiger partial charge in [0, 0.05) is 5.92 Å². The fourth-order valence-corrected chi connectivity index (χ4v) is 1.92. The molecule has 1 unspecified atom stereocenters. The van der Waals surface area contributed by atoms with Crippen molar-refractivity contribution in [1.29, 1.82) is 0 Å². The molecule has 2 heteroatoms. The van der Waals surface area contributed by atoms with Crippen LogP contribution in [0.4, 0.5) is 0 Å². The van der Waals surface area contributed by atoms with Gasteiger partial charge in [0.1, 0.15) is 11.5 Å². The molecule has 13 heavy (non-hydrogen) atoms. The van der Waals surface area contributed by atoms with E-state index >= 15 is 0 Å². The topological polar surface area (TPSA) is 37.3 Å². The summed E-state index contributed by atoms with van der Waals surface area (Å²) >= 11 is 0. The van der Waals surface area contributed by atoms with Crippen molar-refractivity contribution in [2.45, 2.75) is 19.8 Å². The lowest BCUT2D eigenvalue weighted by atomic mass is 10.0. The maximum Gasteiger partial charge on any atom is 0.133 e. The molecule has 0 fully saturated rings. The number of carbonyl (C=O) groups excluding carboxylic acids is 1. The number of ketones is 1. The molecule has 1 aromatic carbocycles. The van der Waals surface area contributed by atoms with Gasteiger partial charge in [-0.15, -0.1) is 0 Å². The van der Waals surface area contributed by atoms with E-state index in [4.69, 9.17) is 0 Å². The maximum atomic E-state index is 11.1. The van der Waals surface area contributed by atoms with E-state index in [-0.39, 0.29) is 11.7 Å². The van der Waals surface area contributed by atoms with E-state index in [0.717, 1.165) is 17.5 Å². The van der Waals surface area contributed by atoms with E-state index in [1.54, 1.807) is 13.0 Å². The largest absolute Gasteiger partial charge is 0.508 e. The van der Waals surface area contributed by atoms with Gasteiger partial charge in [0.15, 0.2) is 0 Å². The van der Waals surface area contributed by atoms with Crippen LogP contribution in [0.3, 0.4) is 0 Å². The Bertz CT molecular complexity index is 355. The third-order valence-corrected chi connectivity index (χ3v) is 2.74. The lowest BCUT2D eigenvalue weighted by molar-refractivity contribution is -0.120. The predicted molar refractivity (Wildman–Crippen MR) is 49.7 cm³/mol. The summed E-state index contributed by atoms with van der Waals surface area (Å²) in [6, 6.07) is 5.50. The summed E-state index contributed by atoms with van der Waals surface area (Å²) in [5.41, 5.74) is 2.09. The van der Waals surface area contributed by atoms with Gasteiger partial charge >= 0.3 is 0 Å². The van der Waals surface area contributed by atoms with Gasteiger partial charge in [-0.05, 0) is 37.0 Å².